The smallest absolute Gasteiger partial charge is 0.251 e. The number of benzene rings is 2. The number of carbonyl (C=O) groups excluding carboxylic acids is 2. The van der Waals surface area contributed by atoms with Gasteiger partial charge in [0.2, 0.25) is 15.9 Å². The van der Waals surface area contributed by atoms with Crippen LogP contribution in [0.15, 0.2) is 59.5 Å². The van der Waals surface area contributed by atoms with Crippen LogP contribution in [0.5, 0.6) is 5.75 Å². The van der Waals surface area contributed by atoms with Gasteiger partial charge in [-0.3, -0.25) is 9.59 Å². The zero-order valence-corrected chi connectivity index (χ0v) is 18.7. The Bertz CT molecular complexity index is 960. The Morgan fingerprint density at radius 3 is 2.13 bits per heavy atom. The lowest BCUT2D eigenvalue weighted by atomic mass is 10.0. The normalized spacial score (nSPS) is 12.3. The van der Waals surface area contributed by atoms with E-state index in [0.717, 1.165) is 0 Å². The average molecular weight is 448 g/mol. The lowest BCUT2D eigenvalue weighted by Crippen LogP contribution is -2.48. The van der Waals surface area contributed by atoms with E-state index in [4.69, 9.17) is 4.74 Å². The topological polar surface area (TPSA) is 114 Å². The molecule has 2 aromatic rings. The standard InChI is InChI=1S/C22H29N3O5S/c1-16(2)15-20(25-31(28,29)19-11-9-18(30-3)10-12-19)22(27)24-14-13-23-21(26)17-7-5-4-6-8-17/h4-12,16,20,25H,13-15H2,1-3H3,(H,23,26)(H,24,27). The molecule has 1 unspecified atom stereocenters. The zero-order chi connectivity index (χ0) is 22.9. The fourth-order valence-electron chi connectivity index (χ4n) is 2.87. The molecule has 9 heteroatoms. The predicted molar refractivity (Wildman–Crippen MR) is 118 cm³/mol. The van der Waals surface area contributed by atoms with Crippen LogP contribution in [0.3, 0.4) is 0 Å². The number of rotatable bonds is 11. The number of methoxy groups -OCH3 is 1. The Morgan fingerprint density at radius 2 is 1.55 bits per heavy atom. The van der Waals surface area contributed by atoms with Gasteiger partial charge in [0, 0.05) is 18.7 Å². The number of sulfonamides is 1. The van der Waals surface area contributed by atoms with Gasteiger partial charge in [-0.05, 0) is 48.7 Å². The largest absolute Gasteiger partial charge is 0.497 e. The van der Waals surface area contributed by atoms with E-state index in [1.807, 2.05) is 19.9 Å². The summed E-state index contributed by atoms with van der Waals surface area (Å²) in [5.74, 6) is -0.0615. The fourth-order valence-corrected chi connectivity index (χ4v) is 4.08. The molecule has 8 nitrogen and oxygen atoms in total. The van der Waals surface area contributed by atoms with Crippen molar-refractivity contribution in [2.45, 2.75) is 31.2 Å². The Balaban J connectivity index is 1.94. The molecule has 2 rings (SSSR count). The lowest BCUT2D eigenvalue weighted by molar-refractivity contribution is -0.123. The first-order valence-corrected chi connectivity index (χ1v) is 11.5. The van der Waals surface area contributed by atoms with Crippen molar-refractivity contribution in [2.24, 2.45) is 5.92 Å². The van der Waals surface area contributed by atoms with Crippen LogP contribution < -0.4 is 20.1 Å². The summed E-state index contributed by atoms with van der Waals surface area (Å²) in [6.45, 7) is 4.21. The molecule has 0 fully saturated rings. The molecule has 0 aromatic heterocycles. The first-order valence-electron chi connectivity index (χ1n) is 10.00. The molecule has 0 aliphatic carbocycles. The minimum absolute atomic E-state index is 0.0463. The molecule has 2 aromatic carbocycles. The third kappa shape index (κ3) is 7.69. The van der Waals surface area contributed by atoms with Crippen molar-refractivity contribution in [2.75, 3.05) is 20.2 Å². The summed E-state index contributed by atoms with van der Waals surface area (Å²) < 4.78 is 33.0. The van der Waals surface area contributed by atoms with Crippen LogP contribution >= 0.6 is 0 Å². The van der Waals surface area contributed by atoms with Gasteiger partial charge in [-0.2, -0.15) is 4.72 Å². The molecule has 1 atom stereocenters. The molecule has 0 aliphatic rings. The molecular weight excluding hydrogens is 418 g/mol. The van der Waals surface area contributed by atoms with Gasteiger partial charge < -0.3 is 15.4 Å². The highest BCUT2D eigenvalue weighted by Gasteiger charge is 2.26. The van der Waals surface area contributed by atoms with E-state index in [-0.39, 0.29) is 29.8 Å². The molecule has 0 aliphatic heterocycles. The van der Waals surface area contributed by atoms with Crippen molar-refractivity contribution >= 4 is 21.8 Å². The number of hydrogen-bond acceptors (Lipinski definition) is 5. The summed E-state index contributed by atoms with van der Waals surface area (Å²) in [6, 6.07) is 13.7. The molecule has 0 spiro atoms. The van der Waals surface area contributed by atoms with E-state index < -0.39 is 22.0 Å². The molecule has 0 bridgehead atoms. The quantitative estimate of drug-likeness (QED) is 0.456. The second-order valence-electron chi connectivity index (χ2n) is 7.39. The molecule has 168 valence electrons. The van der Waals surface area contributed by atoms with E-state index >= 15 is 0 Å². The maximum atomic E-state index is 12.7. The molecule has 0 radical (unpaired) electrons. The van der Waals surface area contributed by atoms with E-state index in [1.165, 1.54) is 19.2 Å². The number of nitrogens with one attached hydrogen (secondary N) is 3. The molecule has 31 heavy (non-hydrogen) atoms. The van der Waals surface area contributed by atoms with Gasteiger partial charge in [-0.1, -0.05) is 32.0 Å². The monoisotopic (exact) mass is 447 g/mol. The Hall–Kier alpha value is -2.91. The SMILES string of the molecule is COc1ccc(S(=O)(=O)NC(CC(C)C)C(=O)NCCNC(=O)c2ccccc2)cc1. The Morgan fingerprint density at radius 1 is 0.935 bits per heavy atom. The summed E-state index contributed by atoms with van der Waals surface area (Å²) in [7, 11) is -2.40. The van der Waals surface area contributed by atoms with E-state index in [0.29, 0.717) is 17.7 Å². The van der Waals surface area contributed by atoms with Crippen LogP contribution in [-0.4, -0.2) is 46.5 Å². The van der Waals surface area contributed by atoms with Crippen molar-refractivity contribution in [1.82, 2.24) is 15.4 Å². The first-order chi connectivity index (χ1) is 14.7. The average Bonchev–Trinajstić information content (AvgIpc) is 2.76. The predicted octanol–water partition coefficient (Wildman–Crippen LogP) is 1.93. The van der Waals surface area contributed by atoms with Gasteiger partial charge in [0.25, 0.3) is 5.91 Å². The van der Waals surface area contributed by atoms with Crippen molar-refractivity contribution < 1.29 is 22.7 Å². The number of carbonyl (C=O) groups is 2. The van der Waals surface area contributed by atoms with Crippen molar-refractivity contribution in [3.8, 4) is 5.75 Å². The maximum absolute atomic E-state index is 12.7. The fraction of sp³-hybridized carbons (Fsp3) is 0.364. The molecular formula is C22H29N3O5S. The highest BCUT2D eigenvalue weighted by atomic mass is 32.2. The van der Waals surface area contributed by atoms with Crippen LogP contribution in [0.1, 0.15) is 30.6 Å². The van der Waals surface area contributed by atoms with Gasteiger partial charge in [0.1, 0.15) is 11.8 Å². The summed E-state index contributed by atoms with van der Waals surface area (Å²) >= 11 is 0. The van der Waals surface area contributed by atoms with Crippen molar-refractivity contribution in [3.63, 3.8) is 0 Å². The summed E-state index contributed by atoms with van der Waals surface area (Å²) in [6.07, 6.45) is 0.331. The van der Waals surface area contributed by atoms with Gasteiger partial charge in [0.15, 0.2) is 0 Å². The molecule has 0 heterocycles. The zero-order valence-electron chi connectivity index (χ0n) is 17.9. The minimum Gasteiger partial charge on any atom is -0.497 e. The van der Waals surface area contributed by atoms with Crippen LogP contribution in [0.25, 0.3) is 0 Å². The highest BCUT2D eigenvalue weighted by molar-refractivity contribution is 7.89. The van der Waals surface area contributed by atoms with Crippen LogP contribution in [-0.2, 0) is 14.8 Å². The maximum Gasteiger partial charge on any atom is 0.251 e. The minimum atomic E-state index is -3.89. The molecule has 0 saturated carbocycles. The van der Waals surface area contributed by atoms with Gasteiger partial charge in [-0.15, -0.1) is 0 Å². The molecule has 2 amide bonds. The summed E-state index contributed by atoms with van der Waals surface area (Å²) in [5, 5.41) is 5.40. The van der Waals surface area contributed by atoms with Crippen LogP contribution in [0.2, 0.25) is 0 Å². The van der Waals surface area contributed by atoms with Crippen LogP contribution in [0, 0.1) is 5.92 Å². The highest BCUT2D eigenvalue weighted by Crippen LogP contribution is 2.17. The summed E-state index contributed by atoms with van der Waals surface area (Å²) in [4.78, 5) is 24.7. The Labute approximate surface area is 183 Å². The number of ether oxygens (including phenoxy) is 1. The second kappa shape index (κ2) is 11.5. The van der Waals surface area contributed by atoms with Gasteiger partial charge in [-0.25, -0.2) is 8.42 Å². The lowest BCUT2D eigenvalue weighted by Gasteiger charge is -2.20. The van der Waals surface area contributed by atoms with E-state index in [9.17, 15) is 18.0 Å². The van der Waals surface area contributed by atoms with Crippen LogP contribution in [0.4, 0.5) is 0 Å². The second-order valence-corrected chi connectivity index (χ2v) is 9.11. The number of amides is 2. The molecule has 0 saturated heterocycles. The van der Waals surface area contributed by atoms with E-state index in [2.05, 4.69) is 15.4 Å². The van der Waals surface area contributed by atoms with Crippen molar-refractivity contribution in [3.05, 3.63) is 60.2 Å². The van der Waals surface area contributed by atoms with Gasteiger partial charge in [0.05, 0.1) is 12.0 Å². The third-order valence-corrected chi connectivity index (χ3v) is 5.92. The Kier molecular flexibility index (Phi) is 9.02. The third-order valence-electron chi connectivity index (χ3n) is 4.44. The van der Waals surface area contributed by atoms with E-state index in [1.54, 1.807) is 36.4 Å². The molecule has 3 N–H and O–H groups in total. The van der Waals surface area contributed by atoms with Gasteiger partial charge >= 0.3 is 0 Å². The van der Waals surface area contributed by atoms with Crippen molar-refractivity contribution in [1.29, 1.82) is 0 Å². The summed E-state index contributed by atoms with van der Waals surface area (Å²) in [5.41, 5.74) is 0.527. The first kappa shape index (κ1) is 24.4. The number of hydrogen-bond donors (Lipinski definition) is 3.